The zero-order valence-corrected chi connectivity index (χ0v) is 11.9. The zero-order chi connectivity index (χ0) is 15.5. The van der Waals surface area contributed by atoms with Gasteiger partial charge in [0.2, 0.25) is 11.8 Å². The summed E-state index contributed by atoms with van der Waals surface area (Å²) in [5.74, 6) is 0.382. The Bertz CT molecular complexity index is 656. The molecule has 0 saturated carbocycles. The number of aromatic nitrogens is 2. The Morgan fingerprint density at radius 2 is 2.09 bits per heavy atom. The lowest BCUT2D eigenvalue weighted by molar-refractivity contribution is 0.104. The normalized spacial score (nSPS) is 18.4. The van der Waals surface area contributed by atoms with E-state index in [-0.39, 0.29) is 11.9 Å². The first-order valence-corrected chi connectivity index (χ1v) is 7.21. The third-order valence-corrected chi connectivity index (χ3v) is 3.84. The molecule has 1 aromatic heterocycles. The lowest BCUT2D eigenvalue weighted by Crippen LogP contribution is -2.44. The highest BCUT2D eigenvalue weighted by Gasteiger charge is 2.28. The quantitative estimate of drug-likeness (QED) is 0.943. The van der Waals surface area contributed by atoms with Gasteiger partial charge in [-0.2, -0.15) is 0 Å². The van der Waals surface area contributed by atoms with E-state index in [1.165, 1.54) is 17.0 Å². The number of hydrogen-bond acceptors (Lipinski definition) is 4. The minimum absolute atomic E-state index is 0.132. The molecular formula is C15H16FN3O3. The Morgan fingerprint density at radius 3 is 2.82 bits per heavy atom. The summed E-state index contributed by atoms with van der Waals surface area (Å²) >= 11 is 0. The van der Waals surface area contributed by atoms with Crippen LogP contribution in [0.5, 0.6) is 0 Å². The lowest BCUT2D eigenvalue weighted by Gasteiger charge is -2.32. The molecule has 2 aromatic rings. The maximum atomic E-state index is 12.9. The van der Waals surface area contributed by atoms with Crippen molar-refractivity contribution in [2.45, 2.75) is 31.7 Å². The zero-order valence-electron chi connectivity index (χ0n) is 11.9. The average Bonchev–Trinajstić information content (AvgIpc) is 2.97. The minimum atomic E-state index is -0.914. The van der Waals surface area contributed by atoms with Gasteiger partial charge in [0.05, 0.1) is 0 Å². The first-order chi connectivity index (χ1) is 10.6. The van der Waals surface area contributed by atoms with Crippen LogP contribution in [-0.4, -0.2) is 38.9 Å². The molecule has 1 aliphatic rings. The summed E-state index contributed by atoms with van der Waals surface area (Å²) in [5, 5.41) is 17.1. The first-order valence-electron chi connectivity index (χ1n) is 7.21. The molecule has 2 heterocycles. The van der Waals surface area contributed by atoms with Crippen molar-refractivity contribution in [2.24, 2.45) is 0 Å². The molecule has 1 aliphatic heterocycles. The average molecular weight is 305 g/mol. The van der Waals surface area contributed by atoms with Crippen LogP contribution < -0.4 is 0 Å². The summed E-state index contributed by atoms with van der Waals surface area (Å²) in [5.41, 5.74) is 0.638. The molecular weight excluding hydrogens is 289 g/mol. The Morgan fingerprint density at radius 1 is 1.32 bits per heavy atom. The molecule has 3 rings (SSSR count). The van der Waals surface area contributed by atoms with Crippen molar-refractivity contribution in [3.05, 3.63) is 36.0 Å². The molecule has 1 N–H and O–H groups in total. The molecule has 0 aliphatic carbocycles. The Kier molecular flexibility index (Phi) is 4.04. The molecule has 0 radical (unpaired) electrons. The number of likely N-dealkylation sites (tertiary alicyclic amines) is 1. The van der Waals surface area contributed by atoms with Crippen LogP contribution in [0.15, 0.2) is 28.7 Å². The van der Waals surface area contributed by atoms with Gasteiger partial charge in [0.25, 0.3) is 0 Å². The van der Waals surface area contributed by atoms with E-state index in [9.17, 15) is 14.3 Å². The van der Waals surface area contributed by atoms with Crippen molar-refractivity contribution in [3.63, 3.8) is 0 Å². The number of rotatable bonds is 3. The maximum Gasteiger partial charge on any atom is 0.407 e. The van der Waals surface area contributed by atoms with Crippen molar-refractivity contribution in [3.8, 4) is 11.5 Å². The number of piperidine rings is 1. The Hall–Kier alpha value is -2.44. The number of carbonyl (C=O) groups is 1. The van der Waals surface area contributed by atoms with Crippen LogP contribution in [-0.2, 0) is 6.42 Å². The van der Waals surface area contributed by atoms with Crippen LogP contribution in [0.25, 0.3) is 11.5 Å². The van der Waals surface area contributed by atoms with Gasteiger partial charge in [-0.3, -0.25) is 0 Å². The summed E-state index contributed by atoms with van der Waals surface area (Å²) in [6.07, 6.45) is 2.16. The number of nitrogens with zero attached hydrogens (tertiary/aromatic N) is 3. The SMILES string of the molecule is O=C(O)N1CCCC[C@H]1Cc1nnc(-c2ccc(F)cc2)o1. The van der Waals surface area contributed by atoms with E-state index >= 15 is 0 Å². The second-order valence-corrected chi connectivity index (χ2v) is 5.34. The van der Waals surface area contributed by atoms with Crippen molar-refractivity contribution < 1.29 is 18.7 Å². The van der Waals surface area contributed by atoms with Gasteiger partial charge in [-0.15, -0.1) is 10.2 Å². The van der Waals surface area contributed by atoms with E-state index in [0.717, 1.165) is 19.3 Å². The van der Waals surface area contributed by atoms with Gasteiger partial charge in [0.15, 0.2) is 0 Å². The van der Waals surface area contributed by atoms with E-state index in [1.807, 2.05) is 0 Å². The molecule has 1 aromatic carbocycles. The summed E-state index contributed by atoms with van der Waals surface area (Å²) in [4.78, 5) is 12.7. The lowest BCUT2D eigenvalue weighted by atomic mass is 10.00. The number of benzene rings is 1. The van der Waals surface area contributed by atoms with Gasteiger partial charge in [0.1, 0.15) is 5.82 Å². The molecule has 1 saturated heterocycles. The van der Waals surface area contributed by atoms with Gasteiger partial charge < -0.3 is 14.4 Å². The number of hydrogen-bond donors (Lipinski definition) is 1. The van der Waals surface area contributed by atoms with Gasteiger partial charge in [-0.05, 0) is 43.5 Å². The largest absolute Gasteiger partial charge is 0.465 e. The van der Waals surface area contributed by atoms with Crippen molar-refractivity contribution >= 4 is 6.09 Å². The van der Waals surface area contributed by atoms with Crippen molar-refractivity contribution in [2.75, 3.05) is 6.54 Å². The predicted molar refractivity (Wildman–Crippen MR) is 75.8 cm³/mol. The van der Waals surface area contributed by atoms with Gasteiger partial charge in [0, 0.05) is 24.6 Å². The summed E-state index contributed by atoms with van der Waals surface area (Å²) in [6, 6.07) is 5.65. The molecule has 1 amide bonds. The smallest absolute Gasteiger partial charge is 0.407 e. The molecule has 1 fully saturated rings. The third-order valence-electron chi connectivity index (χ3n) is 3.84. The molecule has 116 valence electrons. The standard InChI is InChI=1S/C15H16FN3O3/c16-11-6-4-10(5-7-11)14-18-17-13(22-14)9-12-3-1-2-8-19(12)15(20)21/h4-7,12H,1-3,8-9H2,(H,20,21)/t12-/m0/s1. The topological polar surface area (TPSA) is 79.5 Å². The van der Waals surface area contributed by atoms with Crippen LogP contribution in [0.1, 0.15) is 25.2 Å². The molecule has 0 spiro atoms. The second-order valence-electron chi connectivity index (χ2n) is 5.34. The molecule has 0 unspecified atom stereocenters. The van der Waals surface area contributed by atoms with Crippen LogP contribution in [0.4, 0.5) is 9.18 Å². The van der Waals surface area contributed by atoms with E-state index in [1.54, 1.807) is 12.1 Å². The summed E-state index contributed by atoms with van der Waals surface area (Å²) in [6.45, 7) is 0.541. The van der Waals surface area contributed by atoms with E-state index in [0.29, 0.717) is 30.3 Å². The van der Waals surface area contributed by atoms with E-state index in [2.05, 4.69) is 10.2 Å². The van der Waals surface area contributed by atoms with E-state index < -0.39 is 6.09 Å². The van der Waals surface area contributed by atoms with Crippen LogP contribution in [0, 0.1) is 5.82 Å². The highest BCUT2D eigenvalue weighted by atomic mass is 19.1. The predicted octanol–water partition coefficient (Wildman–Crippen LogP) is 2.95. The van der Waals surface area contributed by atoms with Crippen molar-refractivity contribution in [1.29, 1.82) is 0 Å². The van der Waals surface area contributed by atoms with Crippen molar-refractivity contribution in [1.82, 2.24) is 15.1 Å². The van der Waals surface area contributed by atoms with Gasteiger partial charge in [-0.1, -0.05) is 0 Å². The molecule has 1 atom stereocenters. The molecule has 22 heavy (non-hydrogen) atoms. The Labute approximate surface area is 126 Å². The van der Waals surface area contributed by atoms with Crippen LogP contribution in [0.2, 0.25) is 0 Å². The summed E-state index contributed by atoms with van der Waals surface area (Å²) in [7, 11) is 0. The molecule has 6 nitrogen and oxygen atoms in total. The number of carboxylic acid groups (broad SMARTS) is 1. The van der Waals surface area contributed by atoms with Gasteiger partial charge >= 0.3 is 6.09 Å². The fourth-order valence-corrected chi connectivity index (χ4v) is 2.71. The first kappa shape index (κ1) is 14.5. The second kappa shape index (κ2) is 6.13. The number of amides is 1. The fourth-order valence-electron chi connectivity index (χ4n) is 2.71. The maximum absolute atomic E-state index is 12.9. The monoisotopic (exact) mass is 305 g/mol. The third kappa shape index (κ3) is 3.08. The highest BCUT2D eigenvalue weighted by molar-refractivity contribution is 5.65. The minimum Gasteiger partial charge on any atom is -0.465 e. The molecule has 0 bridgehead atoms. The van der Waals surface area contributed by atoms with Crippen LogP contribution >= 0.6 is 0 Å². The highest BCUT2D eigenvalue weighted by Crippen LogP contribution is 2.23. The fraction of sp³-hybridized carbons (Fsp3) is 0.400. The number of halogens is 1. The van der Waals surface area contributed by atoms with Gasteiger partial charge in [-0.25, -0.2) is 9.18 Å². The van der Waals surface area contributed by atoms with Crippen LogP contribution in [0.3, 0.4) is 0 Å². The molecule has 7 heteroatoms. The Balaban J connectivity index is 1.73. The van der Waals surface area contributed by atoms with E-state index in [4.69, 9.17) is 4.42 Å². The summed E-state index contributed by atoms with van der Waals surface area (Å²) < 4.78 is 18.5.